The molecular formula is C33H40N4O4. The number of ether oxygens (including phenoxy) is 2. The second kappa shape index (κ2) is 14.0. The van der Waals surface area contributed by atoms with E-state index in [1.165, 1.54) is 0 Å². The van der Waals surface area contributed by atoms with Crippen LogP contribution in [-0.2, 0) is 24.2 Å². The summed E-state index contributed by atoms with van der Waals surface area (Å²) in [5.41, 5.74) is 5.94. The predicted molar refractivity (Wildman–Crippen MR) is 161 cm³/mol. The van der Waals surface area contributed by atoms with Crippen LogP contribution in [0.15, 0.2) is 72.9 Å². The Labute approximate surface area is 242 Å². The van der Waals surface area contributed by atoms with Crippen LogP contribution in [0.25, 0.3) is 5.82 Å². The average molecular weight is 557 g/mol. The van der Waals surface area contributed by atoms with Crippen LogP contribution in [0.1, 0.15) is 46.7 Å². The summed E-state index contributed by atoms with van der Waals surface area (Å²) in [6.07, 6.45) is 2.18. The van der Waals surface area contributed by atoms with Gasteiger partial charge in [0, 0.05) is 35.7 Å². The second-order valence-electron chi connectivity index (χ2n) is 10.3. The van der Waals surface area contributed by atoms with Crippen molar-refractivity contribution in [3.05, 3.63) is 107 Å². The van der Waals surface area contributed by atoms with E-state index in [4.69, 9.17) is 9.47 Å². The minimum atomic E-state index is -0.650. The Balaban J connectivity index is 1.23. The minimum absolute atomic E-state index is 0.0733. The zero-order chi connectivity index (χ0) is 29.4. The smallest absolute Gasteiger partial charge is 0.224 e. The highest BCUT2D eigenvalue weighted by Gasteiger charge is 2.14. The van der Waals surface area contributed by atoms with Crippen molar-refractivity contribution in [2.24, 2.45) is 0 Å². The molecule has 0 aliphatic carbocycles. The van der Waals surface area contributed by atoms with Crippen LogP contribution in [0.3, 0.4) is 0 Å². The van der Waals surface area contributed by atoms with Crippen LogP contribution in [-0.4, -0.2) is 47.4 Å². The van der Waals surface area contributed by atoms with Gasteiger partial charge in [0.1, 0.15) is 17.3 Å². The van der Waals surface area contributed by atoms with E-state index in [-0.39, 0.29) is 18.4 Å². The molecular weight excluding hydrogens is 516 g/mol. The largest absolute Gasteiger partial charge is 0.496 e. The van der Waals surface area contributed by atoms with E-state index in [1.54, 1.807) is 20.4 Å². The average Bonchev–Trinajstić information content (AvgIpc) is 3.32. The van der Waals surface area contributed by atoms with Crippen LogP contribution in [0.4, 0.5) is 0 Å². The third kappa shape index (κ3) is 7.74. The number of pyridine rings is 1. The molecule has 2 atom stereocenters. The van der Waals surface area contributed by atoms with E-state index < -0.39 is 6.10 Å². The molecule has 0 fully saturated rings. The number of aryl methyl sites for hydroxylation is 2. The van der Waals surface area contributed by atoms with Crippen LogP contribution >= 0.6 is 0 Å². The van der Waals surface area contributed by atoms with Crippen molar-refractivity contribution in [2.75, 3.05) is 20.8 Å². The monoisotopic (exact) mass is 556 g/mol. The fourth-order valence-electron chi connectivity index (χ4n) is 4.94. The molecule has 2 aromatic heterocycles. The first-order chi connectivity index (χ1) is 19.8. The first-order valence-corrected chi connectivity index (χ1v) is 13.9. The number of carbonyl (C=O) groups is 1. The minimum Gasteiger partial charge on any atom is -0.496 e. The molecule has 0 saturated carbocycles. The summed E-state index contributed by atoms with van der Waals surface area (Å²) in [7, 11) is 3.20. The zero-order valence-electron chi connectivity index (χ0n) is 24.5. The highest BCUT2D eigenvalue weighted by atomic mass is 16.5. The number of aromatic nitrogens is 2. The van der Waals surface area contributed by atoms with Crippen molar-refractivity contribution in [3.8, 4) is 17.3 Å². The van der Waals surface area contributed by atoms with Crippen molar-refractivity contribution >= 4 is 5.91 Å². The Morgan fingerprint density at radius 2 is 1.56 bits per heavy atom. The summed E-state index contributed by atoms with van der Waals surface area (Å²) >= 11 is 0. The molecule has 8 heteroatoms. The lowest BCUT2D eigenvalue weighted by molar-refractivity contribution is -0.120. The summed E-state index contributed by atoms with van der Waals surface area (Å²) in [6.45, 7) is 6.95. The lowest BCUT2D eigenvalue weighted by Crippen LogP contribution is -2.32. The molecule has 2 heterocycles. The molecule has 4 rings (SSSR count). The number of nitrogens with zero attached hydrogens (tertiary/aromatic N) is 2. The fraction of sp³-hybridized carbons (Fsp3) is 0.333. The maximum absolute atomic E-state index is 12.6. The normalized spacial score (nSPS) is 12.5. The first-order valence-electron chi connectivity index (χ1n) is 13.9. The molecule has 0 saturated heterocycles. The van der Waals surface area contributed by atoms with E-state index in [1.807, 2.05) is 54.6 Å². The third-order valence-electron chi connectivity index (χ3n) is 7.24. The third-order valence-corrected chi connectivity index (χ3v) is 7.24. The second-order valence-corrected chi connectivity index (χ2v) is 10.3. The summed E-state index contributed by atoms with van der Waals surface area (Å²) in [5.74, 6) is 2.13. The number of benzene rings is 2. The summed E-state index contributed by atoms with van der Waals surface area (Å²) < 4.78 is 12.9. The van der Waals surface area contributed by atoms with Gasteiger partial charge >= 0.3 is 0 Å². The zero-order valence-corrected chi connectivity index (χ0v) is 24.5. The van der Waals surface area contributed by atoms with Crippen molar-refractivity contribution < 1.29 is 19.4 Å². The van der Waals surface area contributed by atoms with Gasteiger partial charge in [0.05, 0.1) is 38.9 Å². The number of rotatable bonds is 13. The molecule has 0 spiro atoms. The van der Waals surface area contributed by atoms with E-state index in [0.29, 0.717) is 24.6 Å². The SMILES string of the molecule is COc1cccc(OC)c1CNC(=O)Cc1ccc(CC(C)NCC(O)c2ccc(-n3c(C)ccc3C)nc2)cc1. The lowest BCUT2D eigenvalue weighted by Gasteiger charge is -2.18. The van der Waals surface area contributed by atoms with Gasteiger partial charge in [0.2, 0.25) is 5.91 Å². The molecule has 216 valence electrons. The summed E-state index contributed by atoms with van der Waals surface area (Å²) in [5, 5.41) is 17.1. The molecule has 41 heavy (non-hydrogen) atoms. The molecule has 0 aliphatic rings. The van der Waals surface area contributed by atoms with Gasteiger partial charge in [-0.3, -0.25) is 4.79 Å². The number of amides is 1. The number of carbonyl (C=O) groups excluding carboxylic acids is 1. The van der Waals surface area contributed by atoms with Gasteiger partial charge < -0.3 is 29.8 Å². The number of hydrogen-bond acceptors (Lipinski definition) is 6. The molecule has 8 nitrogen and oxygen atoms in total. The number of nitrogens with one attached hydrogen (secondary N) is 2. The number of aliphatic hydroxyl groups excluding tert-OH is 1. The molecule has 1 amide bonds. The molecule has 2 unspecified atom stereocenters. The molecule has 0 bridgehead atoms. The summed E-state index contributed by atoms with van der Waals surface area (Å²) in [6, 6.07) is 21.8. The molecule has 4 aromatic rings. The standard InChI is InChI=1S/C33H40N4O4/c1-22(34-21-29(38)27-15-16-32(35-19-27)37-23(2)9-10-24(37)3)17-25-11-13-26(14-12-25)18-33(39)36-20-28-30(40-4)7-6-8-31(28)41-5/h6-16,19,22,29,34,38H,17-18,20-21H2,1-5H3,(H,36,39). The Morgan fingerprint density at radius 1 is 0.927 bits per heavy atom. The van der Waals surface area contributed by atoms with E-state index >= 15 is 0 Å². The van der Waals surface area contributed by atoms with Gasteiger partial charge in [-0.15, -0.1) is 0 Å². The highest BCUT2D eigenvalue weighted by molar-refractivity contribution is 5.78. The van der Waals surface area contributed by atoms with E-state index in [9.17, 15) is 9.90 Å². The van der Waals surface area contributed by atoms with Crippen molar-refractivity contribution in [1.29, 1.82) is 0 Å². The molecule has 0 aliphatic heterocycles. The van der Waals surface area contributed by atoms with Gasteiger partial charge in [0.15, 0.2) is 0 Å². The lowest BCUT2D eigenvalue weighted by atomic mass is 10.0. The maximum Gasteiger partial charge on any atom is 0.224 e. The van der Waals surface area contributed by atoms with Crippen molar-refractivity contribution in [3.63, 3.8) is 0 Å². The van der Waals surface area contributed by atoms with E-state index in [0.717, 1.165) is 45.9 Å². The Morgan fingerprint density at radius 3 is 2.15 bits per heavy atom. The number of aliphatic hydroxyl groups is 1. The predicted octanol–water partition coefficient (Wildman–Crippen LogP) is 4.62. The van der Waals surface area contributed by atoms with Gasteiger partial charge in [0.25, 0.3) is 0 Å². The van der Waals surface area contributed by atoms with Crippen molar-refractivity contribution in [2.45, 2.75) is 52.3 Å². The fourth-order valence-corrected chi connectivity index (χ4v) is 4.94. The molecule has 3 N–H and O–H groups in total. The Bertz CT molecular complexity index is 1390. The van der Waals surface area contributed by atoms with Crippen LogP contribution < -0.4 is 20.1 Å². The Kier molecular flexibility index (Phi) is 10.2. The van der Waals surface area contributed by atoms with Crippen LogP contribution in [0.5, 0.6) is 11.5 Å². The van der Waals surface area contributed by atoms with Gasteiger partial charge in [-0.2, -0.15) is 0 Å². The van der Waals surface area contributed by atoms with Crippen LogP contribution in [0, 0.1) is 13.8 Å². The quantitative estimate of drug-likeness (QED) is 0.222. The highest BCUT2D eigenvalue weighted by Crippen LogP contribution is 2.28. The van der Waals surface area contributed by atoms with Crippen LogP contribution in [0.2, 0.25) is 0 Å². The van der Waals surface area contributed by atoms with E-state index in [2.05, 4.69) is 53.1 Å². The maximum atomic E-state index is 12.6. The van der Waals surface area contributed by atoms with Crippen molar-refractivity contribution in [1.82, 2.24) is 20.2 Å². The summed E-state index contributed by atoms with van der Waals surface area (Å²) in [4.78, 5) is 17.2. The molecule has 2 aromatic carbocycles. The first kappa shape index (κ1) is 29.8. The topological polar surface area (TPSA) is 97.6 Å². The number of methoxy groups -OCH3 is 2. The molecule has 0 radical (unpaired) electrons. The van der Waals surface area contributed by atoms with Gasteiger partial charge in [-0.1, -0.05) is 36.4 Å². The van der Waals surface area contributed by atoms with Gasteiger partial charge in [-0.25, -0.2) is 4.98 Å². The number of hydrogen-bond donors (Lipinski definition) is 3. The Hall–Kier alpha value is -4.14. The van der Waals surface area contributed by atoms with Gasteiger partial charge in [-0.05, 0) is 68.7 Å².